The van der Waals surface area contributed by atoms with Crippen molar-refractivity contribution in [3.8, 4) is 0 Å². The van der Waals surface area contributed by atoms with Crippen molar-refractivity contribution in [2.24, 2.45) is 11.8 Å². The third-order valence-corrected chi connectivity index (χ3v) is 2.41. The maximum atomic E-state index is 11.3. The average molecular weight is 186 g/mol. The van der Waals surface area contributed by atoms with Gasteiger partial charge in [-0.2, -0.15) is 0 Å². The first-order chi connectivity index (χ1) is 6.11. The molecule has 0 aliphatic carbocycles. The summed E-state index contributed by atoms with van der Waals surface area (Å²) in [5.41, 5.74) is 0. The quantitative estimate of drug-likeness (QED) is 0.546. The van der Waals surface area contributed by atoms with Crippen molar-refractivity contribution in [1.82, 2.24) is 10.6 Å². The van der Waals surface area contributed by atoms with Crippen molar-refractivity contribution >= 4 is 5.91 Å². The molecule has 13 heavy (non-hydrogen) atoms. The summed E-state index contributed by atoms with van der Waals surface area (Å²) in [6.45, 7) is 5.77. The van der Waals surface area contributed by atoms with E-state index in [1.807, 2.05) is 13.8 Å². The smallest absolute Gasteiger partial charge is 0.225 e. The van der Waals surface area contributed by atoms with Crippen LogP contribution < -0.4 is 10.6 Å². The lowest BCUT2D eigenvalue weighted by Crippen LogP contribution is -2.52. The number of nitrogens with one attached hydrogen (secondary N) is 2. The van der Waals surface area contributed by atoms with Gasteiger partial charge in [0.15, 0.2) is 0 Å². The molecule has 0 saturated carbocycles. The number of aliphatic hydroxyl groups excluding tert-OH is 1. The third-order valence-electron chi connectivity index (χ3n) is 2.41. The van der Waals surface area contributed by atoms with E-state index < -0.39 is 6.10 Å². The first-order valence-corrected chi connectivity index (χ1v) is 4.77. The second-order valence-corrected chi connectivity index (χ2v) is 3.91. The molecule has 76 valence electrons. The van der Waals surface area contributed by atoms with Gasteiger partial charge in [-0.25, -0.2) is 0 Å². The standard InChI is InChI=1S/C9H18N2O2/c1-6(2)8(12)5-11-9(13)7-3-10-4-7/h6-8,10,12H,3-5H2,1-2H3,(H,11,13). The first-order valence-electron chi connectivity index (χ1n) is 4.77. The van der Waals surface area contributed by atoms with E-state index in [9.17, 15) is 9.90 Å². The molecule has 0 radical (unpaired) electrons. The van der Waals surface area contributed by atoms with Crippen LogP contribution in [0.15, 0.2) is 0 Å². The van der Waals surface area contributed by atoms with Gasteiger partial charge in [-0.05, 0) is 5.92 Å². The minimum Gasteiger partial charge on any atom is -0.391 e. The predicted molar refractivity (Wildman–Crippen MR) is 50.2 cm³/mol. The highest BCUT2D eigenvalue weighted by Gasteiger charge is 2.25. The number of carbonyl (C=O) groups excluding carboxylic acids is 1. The molecule has 1 amide bonds. The first kappa shape index (κ1) is 10.5. The molecule has 0 aromatic heterocycles. The zero-order valence-electron chi connectivity index (χ0n) is 8.21. The topological polar surface area (TPSA) is 61.4 Å². The molecule has 1 saturated heterocycles. The van der Waals surface area contributed by atoms with E-state index in [1.54, 1.807) is 0 Å². The van der Waals surface area contributed by atoms with Gasteiger partial charge < -0.3 is 15.7 Å². The molecule has 1 unspecified atom stereocenters. The zero-order chi connectivity index (χ0) is 9.84. The van der Waals surface area contributed by atoms with Gasteiger partial charge >= 0.3 is 0 Å². The second kappa shape index (κ2) is 4.58. The van der Waals surface area contributed by atoms with Crippen molar-refractivity contribution in [2.45, 2.75) is 20.0 Å². The average Bonchev–Trinajstić information content (AvgIpc) is 1.96. The highest BCUT2D eigenvalue weighted by atomic mass is 16.3. The summed E-state index contributed by atoms with van der Waals surface area (Å²) in [6.07, 6.45) is -0.433. The highest BCUT2D eigenvalue weighted by Crippen LogP contribution is 2.03. The van der Waals surface area contributed by atoms with Crippen molar-refractivity contribution in [1.29, 1.82) is 0 Å². The van der Waals surface area contributed by atoms with Crippen molar-refractivity contribution in [2.75, 3.05) is 19.6 Å². The number of amides is 1. The molecule has 1 heterocycles. The fraction of sp³-hybridized carbons (Fsp3) is 0.889. The number of hydrogen-bond donors (Lipinski definition) is 3. The highest BCUT2D eigenvalue weighted by molar-refractivity contribution is 5.79. The summed E-state index contributed by atoms with van der Waals surface area (Å²) in [6, 6.07) is 0. The molecule has 0 bridgehead atoms. The summed E-state index contributed by atoms with van der Waals surface area (Å²) in [5, 5.41) is 15.2. The molecule has 0 aromatic carbocycles. The van der Waals surface area contributed by atoms with E-state index in [-0.39, 0.29) is 17.7 Å². The maximum absolute atomic E-state index is 11.3. The van der Waals surface area contributed by atoms with Crippen LogP contribution in [-0.4, -0.2) is 36.8 Å². The Labute approximate surface area is 78.7 Å². The van der Waals surface area contributed by atoms with Crippen molar-refractivity contribution in [3.05, 3.63) is 0 Å². The normalized spacial score (nSPS) is 19.7. The van der Waals surface area contributed by atoms with E-state index in [1.165, 1.54) is 0 Å². The van der Waals surface area contributed by atoms with Crippen LogP contribution in [0, 0.1) is 11.8 Å². The lowest BCUT2D eigenvalue weighted by molar-refractivity contribution is -0.127. The number of rotatable bonds is 4. The number of hydrogen-bond acceptors (Lipinski definition) is 3. The molecule has 3 N–H and O–H groups in total. The summed E-state index contributed by atoms with van der Waals surface area (Å²) < 4.78 is 0. The number of aliphatic hydroxyl groups is 1. The summed E-state index contributed by atoms with van der Waals surface area (Å²) in [4.78, 5) is 11.3. The Bertz CT molecular complexity index is 178. The summed E-state index contributed by atoms with van der Waals surface area (Å²) >= 11 is 0. The van der Waals surface area contributed by atoms with E-state index in [2.05, 4.69) is 10.6 Å². The van der Waals surface area contributed by atoms with Crippen LogP contribution in [0.2, 0.25) is 0 Å². The van der Waals surface area contributed by atoms with Crippen LogP contribution in [0.4, 0.5) is 0 Å². The van der Waals surface area contributed by atoms with E-state index >= 15 is 0 Å². The van der Waals surface area contributed by atoms with Gasteiger partial charge in [0, 0.05) is 19.6 Å². The Morgan fingerprint density at radius 2 is 2.23 bits per heavy atom. The Hall–Kier alpha value is -0.610. The van der Waals surface area contributed by atoms with Crippen LogP contribution in [0.3, 0.4) is 0 Å². The Morgan fingerprint density at radius 1 is 1.62 bits per heavy atom. The summed E-state index contributed by atoms with van der Waals surface area (Å²) in [7, 11) is 0. The molecule has 4 heteroatoms. The fourth-order valence-corrected chi connectivity index (χ4v) is 1.06. The molecule has 4 nitrogen and oxygen atoms in total. The monoisotopic (exact) mass is 186 g/mol. The zero-order valence-corrected chi connectivity index (χ0v) is 8.21. The molecule has 1 aliphatic heterocycles. The molecule has 1 aliphatic rings. The van der Waals surface area contributed by atoms with Gasteiger partial charge in [-0.1, -0.05) is 13.8 Å². The minimum atomic E-state index is -0.433. The molecule has 0 aromatic rings. The molecular formula is C9H18N2O2. The van der Waals surface area contributed by atoms with Gasteiger partial charge in [0.1, 0.15) is 0 Å². The van der Waals surface area contributed by atoms with Gasteiger partial charge in [0.05, 0.1) is 12.0 Å². The molecule has 0 spiro atoms. The Balaban J connectivity index is 2.14. The van der Waals surface area contributed by atoms with Gasteiger partial charge in [0.2, 0.25) is 5.91 Å². The van der Waals surface area contributed by atoms with Crippen molar-refractivity contribution < 1.29 is 9.90 Å². The van der Waals surface area contributed by atoms with E-state index in [4.69, 9.17) is 0 Å². The van der Waals surface area contributed by atoms with Crippen LogP contribution in [0.1, 0.15) is 13.8 Å². The lowest BCUT2D eigenvalue weighted by Gasteiger charge is -2.26. The molecular weight excluding hydrogens is 168 g/mol. The molecule has 1 fully saturated rings. The fourth-order valence-electron chi connectivity index (χ4n) is 1.06. The second-order valence-electron chi connectivity index (χ2n) is 3.91. The van der Waals surface area contributed by atoms with Gasteiger partial charge in [0.25, 0.3) is 0 Å². The predicted octanol–water partition coefficient (Wildman–Crippen LogP) is -0.661. The van der Waals surface area contributed by atoms with Crippen LogP contribution in [0.25, 0.3) is 0 Å². The SMILES string of the molecule is CC(C)C(O)CNC(=O)C1CNC1. The Kier molecular flexibility index (Phi) is 3.69. The maximum Gasteiger partial charge on any atom is 0.225 e. The molecule has 1 atom stereocenters. The Morgan fingerprint density at radius 3 is 2.62 bits per heavy atom. The van der Waals surface area contributed by atoms with Crippen LogP contribution in [-0.2, 0) is 4.79 Å². The molecule has 1 rings (SSSR count). The van der Waals surface area contributed by atoms with Gasteiger partial charge in [-0.3, -0.25) is 4.79 Å². The van der Waals surface area contributed by atoms with E-state index in [0.717, 1.165) is 13.1 Å². The van der Waals surface area contributed by atoms with Gasteiger partial charge in [-0.15, -0.1) is 0 Å². The third kappa shape index (κ3) is 2.97. The van der Waals surface area contributed by atoms with Crippen LogP contribution >= 0.6 is 0 Å². The number of carbonyl (C=O) groups is 1. The van der Waals surface area contributed by atoms with Crippen LogP contribution in [0.5, 0.6) is 0 Å². The largest absolute Gasteiger partial charge is 0.391 e. The lowest BCUT2D eigenvalue weighted by atomic mass is 10.0. The minimum absolute atomic E-state index is 0.0541. The summed E-state index contributed by atoms with van der Waals surface area (Å²) in [5.74, 6) is 0.359. The van der Waals surface area contributed by atoms with E-state index in [0.29, 0.717) is 6.54 Å². The van der Waals surface area contributed by atoms with Crippen molar-refractivity contribution in [3.63, 3.8) is 0 Å².